The van der Waals surface area contributed by atoms with Gasteiger partial charge >= 0.3 is 0 Å². The van der Waals surface area contributed by atoms with E-state index in [-0.39, 0.29) is 25.0 Å². The minimum atomic E-state index is -1.47. The van der Waals surface area contributed by atoms with Crippen LogP contribution in [0.3, 0.4) is 0 Å². The van der Waals surface area contributed by atoms with Gasteiger partial charge in [0.05, 0.1) is 30.9 Å². The molecule has 2 atom stereocenters. The zero-order chi connectivity index (χ0) is 24.3. The first kappa shape index (κ1) is 21.8. The van der Waals surface area contributed by atoms with Gasteiger partial charge in [-0.05, 0) is 12.1 Å². The Morgan fingerprint density at radius 1 is 0.914 bits per heavy atom. The second-order valence-corrected chi connectivity index (χ2v) is 8.99. The third-order valence-corrected chi connectivity index (χ3v) is 7.02. The average molecular weight is 474 g/mol. The first-order valence-corrected chi connectivity index (χ1v) is 11.6. The van der Waals surface area contributed by atoms with Crippen LogP contribution in [0.5, 0.6) is 0 Å². The molecule has 0 unspecified atom stereocenters. The number of aromatic nitrogens is 2. The zero-order valence-electron chi connectivity index (χ0n) is 19.1. The molecular formula is C27H24FN3O4. The summed E-state index contributed by atoms with van der Waals surface area (Å²) in [6, 6.07) is 15.1. The Morgan fingerprint density at radius 2 is 1.46 bits per heavy atom. The van der Waals surface area contributed by atoms with E-state index in [9.17, 15) is 14.7 Å². The van der Waals surface area contributed by atoms with E-state index in [4.69, 9.17) is 4.74 Å². The van der Waals surface area contributed by atoms with Crippen LogP contribution in [0.25, 0.3) is 33.0 Å². The Hall–Kier alpha value is -3.75. The van der Waals surface area contributed by atoms with Crippen molar-refractivity contribution in [1.29, 1.82) is 0 Å². The standard InChI is InChI=1S/C27H24FN3O4/c1-29-26(33)24-18-12-30(21-8-4-2-6-16(18)21)10-11-35-23(15-32)20(28)14-31-13-19(25(24)27(29)34)17-7-3-5-9-22(17)31/h2-9,12-13,20,23,32H,10-11,14-15H2,1H3/t20-,23+/m0/s1. The highest BCUT2D eigenvalue weighted by molar-refractivity contribution is 6.50. The maximum Gasteiger partial charge on any atom is 0.261 e. The van der Waals surface area contributed by atoms with Crippen molar-refractivity contribution in [2.75, 3.05) is 20.3 Å². The Labute approximate surface area is 200 Å². The van der Waals surface area contributed by atoms with E-state index in [0.717, 1.165) is 26.7 Å². The molecule has 8 heteroatoms. The SMILES string of the molecule is CN1C(=O)C2=C(C1=O)c1cn(c3ccccc13)C[C@H](F)[C@@H](CO)OCCn1cc2c2ccccc21. The highest BCUT2D eigenvalue weighted by Gasteiger charge is 2.40. The van der Waals surface area contributed by atoms with Crippen LogP contribution in [0.1, 0.15) is 11.1 Å². The number of hydrogen-bond acceptors (Lipinski definition) is 4. The molecule has 2 aliphatic heterocycles. The molecule has 2 aliphatic rings. The van der Waals surface area contributed by atoms with Gasteiger partial charge in [0.15, 0.2) is 0 Å². The molecule has 0 saturated heterocycles. The minimum Gasteiger partial charge on any atom is -0.394 e. The van der Waals surface area contributed by atoms with Crippen LogP contribution in [0.15, 0.2) is 60.9 Å². The molecular weight excluding hydrogens is 449 g/mol. The predicted molar refractivity (Wildman–Crippen MR) is 130 cm³/mol. The quantitative estimate of drug-likeness (QED) is 0.431. The molecule has 7 nitrogen and oxygen atoms in total. The summed E-state index contributed by atoms with van der Waals surface area (Å²) in [5.74, 6) is -0.748. The summed E-state index contributed by atoms with van der Waals surface area (Å²) >= 11 is 0. The van der Waals surface area contributed by atoms with Crippen LogP contribution in [0, 0.1) is 0 Å². The van der Waals surface area contributed by atoms with Gasteiger partial charge in [0.2, 0.25) is 0 Å². The van der Waals surface area contributed by atoms with Crippen molar-refractivity contribution in [3.8, 4) is 0 Å². The summed E-state index contributed by atoms with van der Waals surface area (Å²) in [6.07, 6.45) is 1.13. The number of nitrogens with zero attached hydrogens (tertiary/aromatic N) is 3. The molecule has 0 saturated carbocycles. The number of aliphatic hydroxyl groups is 1. The van der Waals surface area contributed by atoms with E-state index in [1.165, 1.54) is 7.05 Å². The smallest absolute Gasteiger partial charge is 0.261 e. The summed E-state index contributed by atoms with van der Waals surface area (Å²) in [5.41, 5.74) is 3.54. The minimum absolute atomic E-state index is 0.0566. The van der Waals surface area contributed by atoms with E-state index in [2.05, 4.69) is 0 Å². The second-order valence-electron chi connectivity index (χ2n) is 8.99. The van der Waals surface area contributed by atoms with Crippen molar-refractivity contribution in [2.45, 2.75) is 25.4 Å². The van der Waals surface area contributed by atoms with Crippen LogP contribution >= 0.6 is 0 Å². The molecule has 4 aromatic rings. The average Bonchev–Trinajstić information content (AvgIpc) is 3.48. The molecule has 0 radical (unpaired) electrons. The van der Waals surface area contributed by atoms with Gasteiger partial charge in [-0.25, -0.2) is 4.39 Å². The number of hydrogen-bond donors (Lipinski definition) is 1. The summed E-state index contributed by atoms with van der Waals surface area (Å²) in [7, 11) is 1.49. The number of amides is 2. The molecule has 0 aliphatic carbocycles. The number of carbonyl (C=O) groups is 2. The van der Waals surface area contributed by atoms with Crippen molar-refractivity contribution in [2.24, 2.45) is 0 Å². The van der Waals surface area contributed by atoms with E-state index in [0.29, 0.717) is 28.8 Å². The highest BCUT2D eigenvalue weighted by atomic mass is 19.1. The lowest BCUT2D eigenvalue weighted by atomic mass is 9.95. The Balaban J connectivity index is 1.70. The summed E-state index contributed by atoms with van der Waals surface area (Å²) in [5, 5.41) is 11.4. The first-order valence-electron chi connectivity index (χ1n) is 11.6. The Morgan fingerprint density at radius 3 is 2.06 bits per heavy atom. The van der Waals surface area contributed by atoms with Gasteiger partial charge in [-0.2, -0.15) is 0 Å². The Kier molecular flexibility index (Phi) is 5.09. The molecule has 0 spiro atoms. The fraction of sp³-hybridized carbons (Fsp3) is 0.259. The van der Waals surface area contributed by atoms with Crippen molar-refractivity contribution in [3.05, 3.63) is 72.1 Å². The number of benzene rings is 2. The molecule has 2 amide bonds. The number of imide groups is 1. The second kappa shape index (κ2) is 8.18. The van der Waals surface area contributed by atoms with Gasteiger partial charge in [0.1, 0.15) is 12.3 Å². The molecule has 2 aromatic carbocycles. The van der Waals surface area contributed by atoms with Gasteiger partial charge in [-0.3, -0.25) is 14.5 Å². The molecule has 178 valence electrons. The lowest BCUT2D eigenvalue weighted by Crippen LogP contribution is -2.33. The van der Waals surface area contributed by atoms with E-state index < -0.39 is 18.9 Å². The number of ether oxygens (including phenoxy) is 1. The van der Waals surface area contributed by atoms with Crippen LogP contribution < -0.4 is 0 Å². The van der Waals surface area contributed by atoms with E-state index in [1.54, 1.807) is 10.8 Å². The van der Waals surface area contributed by atoms with Crippen molar-refractivity contribution in [3.63, 3.8) is 0 Å². The third-order valence-electron chi connectivity index (χ3n) is 7.02. The fourth-order valence-corrected chi connectivity index (χ4v) is 5.25. The molecule has 6 rings (SSSR count). The molecule has 2 aromatic heterocycles. The van der Waals surface area contributed by atoms with Gasteiger partial charge in [0, 0.05) is 58.9 Å². The predicted octanol–water partition coefficient (Wildman–Crippen LogP) is 3.23. The van der Waals surface area contributed by atoms with Crippen molar-refractivity contribution >= 4 is 44.8 Å². The molecule has 1 N–H and O–H groups in total. The van der Waals surface area contributed by atoms with Crippen LogP contribution in [-0.4, -0.2) is 63.5 Å². The van der Waals surface area contributed by atoms with Crippen LogP contribution in [-0.2, 0) is 27.4 Å². The third kappa shape index (κ3) is 3.25. The normalized spacial score (nSPS) is 21.2. The van der Waals surface area contributed by atoms with Crippen molar-refractivity contribution < 1.29 is 23.8 Å². The number of rotatable bonds is 1. The lowest BCUT2D eigenvalue weighted by molar-refractivity contribution is -0.134. The lowest BCUT2D eigenvalue weighted by Gasteiger charge is -2.21. The largest absolute Gasteiger partial charge is 0.394 e. The Bertz CT molecular complexity index is 1530. The monoisotopic (exact) mass is 473 g/mol. The van der Waals surface area contributed by atoms with E-state index >= 15 is 4.39 Å². The zero-order valence-corrected chi connectivity index (χ0v) is 19.1. The number of fused-ring (bicyclic) bond motifs is 12. The molecule has 4 heterocycles. The number of aliphatic hydroxyl groups excluding tert-OH is 1. The molecule has 35 heavy (non-hydrogen) atoms. The van der Waals surface area contributed by atoms with Crippen LogP contribution in [0.4, 0.5) is 4.39 Å². The number of halogens is 1. The molecule has 0 fully saturated rings. The van der Waals surface area contributed by atoms with Gasteiger partial charge < -0.3 is 19.0 Å². The number of likely N-dealkylation sites (N-methyl/N-ethyl adjacent to an activating group) is 1. The highest BCUT2D eigenvalue weighted by Crippen LogP contribution is 2.41. The number of para-hydroxylation sites is 2. The number of alkyl halides is 1. The maximum atomic E-state index is 15.3. The summed E-state index contributed by atoms with van der Waals surface area (Å²) in [4.78, 5) is 28.0. The number of carbonyl (C=O) groups excluding carboxylic acids is 2. The van der Waals surface area contributed by atoms with Gasteiger partial charge in [-0.1, -0.05) is 36.4 Å². The van der Waals surface area contributed by atoms with E-state index in [1.807, 2.05) is 59.3 Å². The molecule has 4 bridgehead atoms. The summed E-state index contributed by atoms with van der Waals surface area (Å²) < 4.78 is 24.8. The van der Waals surface area contributed by atoms with Gasteiger partial charge in [0.25, 0.3) is 11.8 Å². The maximum absolute atomic E-state index is 15.3. The fourth-order valence-electron chi connectivity index (χ4n) is 5.25. The van der Waals surface area contributed by atoms with Crippen LogP contribution in [0.2, 0.25) is 0 Å². The van der Waals surface area contributed by atoms with Gasteiger partial charge in [-0.15, -0.1) is 0 Å². The van der Waals surface area contributed by atoms with Crippen molar-refractivity contribution in [1.82, 2.24) is 14.0 Å². The first-order chi connectivity index (χ1) is 17.0. The summed E-state index contributed by atoms with van der Waals surface area (Å²) in [6.45, 7) is 0.0774. The topological polar surface area (TPSA) is 76.7 Å².